The molecule has 1 aliphatic carbocycles. The number of fused-ring (bicyclic) bond motifs is 2. The molecule has 2 fully saturated rings. The third-order valence-corrected chi connectivity index (χ3v) is 3.54. The van der Waals surface area contributed by atoms with Gasteiger partial charge in [0.1, 0.15) is 0 Å². The van der Waals surface area contributed by atoms with Crippen molar-refractivity contribution < 1.29 is 14.6 Å². The Morgan fingerprint density at radius 1 is 1.53 bits per heavy atom. The average molecular weight is 213 g/mol. The Kier molecular flexibility index (Phi) is 3.26. The zero-order chi connectivity index (χ0) is 10.8. The molecule has 1 heterocycles. The largest absolute Gasteiger partial charge is 0.465 e. The van der Waals surface area contributed by atoms with E-state index in [0.717, 1.165) is 25.8 Å². The highest BCUT2D eigenvalue weighted by atomic mass is 16.5. The summed E-state index contributed by atoms with van der Waals surface area (Å²) < 4.78 is 4.94. The maximum absolute atomic E-state index is 11.3. The number of likely N-dealkylation sites (tertiary alicyclic amines) is 1. The number of hydrogen-bond acceptors (Lipinski definition) is 4. The van der Waals surface area contributed by atoms with Crippen molar-refractivity contribution in [3.63, 3.8) is 0 Å². The minimum Gasteiger partial charge on any atom is -0.465 e. The number of carbonyl (C=O) groups excluding carboxylic acids is 1. The van der Waals surface area contributed by atoms with Gasteiger partial charge in [0, 0.05) is 12.6 Å². The Labute approximate surface area is 90.2 Å². The molecule has 1 saturated carbocycles. The molecule has 1 N–H and O–H groups in total. The van der Waals surface area contributed by atoms with Crippen LogP contribution in [0.5, 0.6) is 0 Å². The van der Waals surface area contributed by atoms with E-state index in [9.17, 15) is 9.90 Å². The van der Waals surface area contributed by atoms with Crippen molar-refractivity contribution in [2.24, 2.45) is 5.92 Å². The number of nitrogens with zero attached hydrogens (tertiary/aromatic N) is 1. The van der Waals surface area contributed by atoms with Gasteiger partial charge in [-0.25, -0.2) is 0 Å². The molecule has 0 spiro atoms. The molecule has 2 aliphatic rings. The van der Waals surface area contributed by atoms with Crippen molar-refractivity contribution >= 4 is 5.97 Å². The van der Waals surface area contributed by atoms with Crippen LogP contribution in [-0.2, 0) is 9.53 Å². The van der Waals surface area contributed by atoms with Crippen molar-refractivity contribution in [1.29, 1.82) is 0 Å². The summed E-state index contributed by atoms with van der Waals surface area (Å²) in [6.45, 7) is 3.51. The predicted octanol–water partition coefficient (Wildman–Crippen LogP) is 0.395. The predicted molar refractivity (Wildman–Crippen MR) is 55.3 cm³/mol. The lowest BCUT2D eigenvalue weighted by atomic mass is 9.88. The standard InChI is InChI=1S/C11H19NO3/c1-2-15-11(14)7-12-6-8-5-9(12)3-4-10(8)13/h8-10,13H,2-7H2,1H3. The van der Waals surface area contributed by atoms with Crippen LogP contribution in [0.15, 0.2) is 0 Å². The maximum Gasteiger partial charge on any atom is 0.320 e. The number of aliphatic hydroxyl groups is 1. The summed E-state index contributed by atoms with van der Waals surface area (Å²) in [7, 11) is 0. The maximum atomic E-state index is 11.3. The molecule has 0 aromatic carbocycles. The Morgan fingerprint density at radius 3 is 3.00 bits per heavy atom. The number of hydrogen-bond donors (Lipinski definition) is 1. The van der Waals surface area contributed by atoms with E-state index < -0.39 is 0 Å². The van der Waals surface area contributed by atoms with Crippen molar-refractivity contribution in [1.82, 2.24) is 4.90 Å². The Bertz CT molecular complexity index is 244. The van der Waals surface area contributed by atoms with Gasteiger partial charge in [-0.15, -0.1) is 0 Å². The van der Waals surface area contributed by atoms with Crippen LogP contribution in [-0.4, -0.2) is 47.8 Å². The van der Waals surface area contributed by atoms with Crippen LogP contribution in [0.2, 0.25) is 0 Å². The van der Waals surface area contributed by atoms with Crippen LogP contribution >= 0.6 is 0 Å². The molecule has 0 aromatic heterocycles. The minimum atomic E-state index is -0.159. The molecule has 3 atom stereocenters. The fourth-order valence-electron chi connectivity index (χ4n) is 2.77. The van der Waals surface area contributed by atoms with Gasteiger partial charge < -0.3 is 9.84 Å². The minimum absolute atomic E-state index is 0.139. The second kappa shape index (κ2) is 4.49. The first-order chi connectivity index (χ1) is 7.20. The fourth-order valence-corrected chi connectivity index (χ4v) is 2.77. The zero-order valence-electron chi connectivity index (χ0n) is 9.19. The topological polar surface area (TPSA) is 49.8 Å². The van der Waals surface area contributed by atoms with Crippen LogP contribution in [0, 0.1) is 5.92 Å². The van der Waals surface area contributed by atoms with E-state index in [1.807, 2.05) is 6.92 Å². The Hall–Kier alpha value is -0.610. The van der Waals surface area contributed by atoms with Gasteiger partial charge >= 0.3 is 5.97 Å². The van der Waals surface area contributed by atoms with Gasteiger partial charge in [-0.1, -0.05) is 0 Å². The summed E-state index contributed by atoms with van der Waals surface area (Å²) in [5.74, 6) is 0.234. The Morgan fingerprint density at radius 2 is 2.33 bits per heavy atom. The molecular formula is C11H19NO3. The van der Waals surface area contributed by atoms with Gasteiger partial charge in [0.25, 0.3) is 0 Å². The van der Waals surface area contributed by atoms with Gasteiger partial charge in [-0.05, 0) is 32.1 Å². The van der Waals surface area contributed by atoms with Crippen LogP contribution in [0.3, 0.4) is 0 Å². The lowest BCUT2D eigenvalue weighted by Gasteiger charge is -2.25. The molecular weight excluding hydrogens is 194 g/mol. The van der Waals surface area contributed by atoms with Gasteiger partial charge in [0.2, 0.25) is 0 Å². The molecule has 0 aromatic rings. The van der Waals surface area contributed by atoms with E-state index in [1.165, 1.54) is 0 Å². The molecule has 1 saturated heterocycles. The molecule has 4 nitrogen and oxygen atoms in total. The molecule has 4 heteroatoms. The van der Waals surface area contributed by atoms with E-state index >= 15 is 0 Å². The quantitative estimate of drug-likeness (QED) is 0.689. The van der Waals surface area contributed by atoms with Crippen LogP contribution in [0.25, 0.3) is 0 Å². The number of aliphatic hydroxyl groups excluding tert-OH is 1. The Balaban J connectivity index is 1.87. The second-order valence-electron chi connectivity index (χ2n) is 4.53. The third kappa shape index (κ3) is 2.32. The van der Waals surface area contributed by atoms with Gasteiger partial charge in [-0.3, -0.25) is 9.69 Å². The average Bonchev–Trinajstić information content (AvgIpc) is 2.52. The summed E-state index contributed by atoms with van der Waals surface area (Å²) in [5.41, 5.74) is 0. The molecule has 86 valence electrons. The summed E-state index contributed by atoms with van der Waals surface area (Å²) in [5, 5.41) is 9.71. The molecule has 1 aliphatic heterocycles. The molecule has 0 amide bonds. The van der Waals surface area contributed by atoms with Gasteiger partial charge in [-0.2, -0.15) is 0 Å². The summed E-state index contributed by atoms with van der Waals surface area (Å²) >= 11 is 0. The SMILES string of the molecule is CCOC(=O)CN1CC2CC1CCC2O. The van der Waals surface area contributed by atoms with Gasteiger partial charge in [0.15, 0.2) is 0 Å². The molecule has 2 rings (SSSR count). The molecule has 3 unspecified atom stereocenters. The third-order valence-electron chi connectivity index (χ3n) is 3.54. The van der Waals surface area contributed by atoms with Gasteiger partial charge in [0.05, 0.1) is 19.3 Å². The number of rotatable bonds is 3. The van der Waals surface area contributed by atoms with E-state index in [0.29, 0.717) is 25.1 Å². The monoisotopic (exact) mass is 213 g/mol. The summed E-state index contributed by atoms with van der Waals surface area (Å²) in [4.78, 5) is 13.5. The number of ether oxygens (including phenoxy) is 1. The lowest BCUT2D eigenvalue weighted by Crippen LogP contribution is -2.34. The van der Waals surface area contributed by atoms with Crippen LogP contribution < -0.4 is 0 Å². The summed E-state index contributed by atoms with van der Waals surface area (Å²) in [6, 6.07) is 0.489. The van der Waals surface area contributed by atoms with E-state index in [4.69, 9.17) is 4.74 Å². The highest BCUT2D eigenvalue weighted by Gasteiger charge is 2.40. The molecule has 2 bridgehead atoms. The first kappa shape index (κ1) is 10.9. The highest BCUT2D eigenvalue weighted by molar-refractivity contribution is 5.71. The molecule has 15 heavy (non-hydrogen) atoms. The summed E-state index contributed by atoms with van der Waals surface area (Å²) in [6.07, 6.45) is 2.78. The van der Waals surface area contributed by atoms with Crippen molar-refractivity contribution in [3.05, 3.63) is 0 Å². The van der Waals surface area contributed by atoms with Crippen molar-refractivity contribution in [2.75, 3.05) is 19.7 Å². The fraction of sp³-hybridized carbons (Fsp3) is 0.909. The normalized spacial score (nSPS) is 35.5. The molecule has 0 radical (unpaired) electrons. The number of carbonyl (C=O) groups is 1. The van der Waals surface area contributed by atoms with Crippen LogP contribution in [0.1, 0.15) is 26.2 Å². The van der Waals surface area contributed by atoms with Crippen LogP contribution in [0.4, 0.5) is 0 Å². The smallest absolute Gasteiger partial charge is 0.320 e. The van der Waals surface area contributed by atoms with E-state index in [1.54, 1.807) is 0 Å². The lowest BCUT2D eigenvalue weighted by molar-refractivity contribution is -0.144. The zero-order valence-corrected chi connectivity index (χ0v) is 9.19. The first-order valence-corrected chi connectivity index (χ1v) is 5.78. The highest BCUT2D eigenvalue weighted by Crippen LogP contribution is 2.35. The van der Waals surface area contributed by atoms with Crippen molar-refractivity contribution in [3.8, 4) is 0 Å². The van der Waals surface area contributed by atoms with E-state index in [2.05, 4.69) is 4.90 Å². The van der Waals surface area contributed by atoms with Crippen molar-refractivity contribution in [2.45, 2.75) is 38.3 Å². The van der Waals surface area contributed by atoms with E-state index in [-0.39, 0.29) is 12.1 Å². The number of esters is 1. The second-order valence-corrected chi connectivity index (χ2v) is 4.53. The first-order valence-electron chi connectivity index (χ1n) is 5.78.